The molecule has 2 aromatic rings. The standard InChI is InChI=1S/C14H18N4/c1-2-6-11-9-15-13-14(17-11)18(10-16-13)12-7-4-3-5-8-12/h2,6,9-10,12H,3-5,7-8H2,1H3/b6-2-. The summed E-state index contributed by atoms with van der Waals surface area (Å²) < 4.78 is 2.22. The summed E-state index contributed by atoms with van der Waals surface area (Å²) in [5.41, 5.74) is 2.59. The maximum Gasteiger partial charge on any atom is 0.197 e. The van der Waals surface area contributed by atoms with Gasteiger partial charge in [0.25, 0.3) is 0 Å². The fraction of sp³-hybridized carbons (Fsp3) is 0.500. The van der Waals surface area contributed by atoms with Crippen molar-refractivity contribution in [2.45, 2.75) is 45.1 Å². The van der Waals surface area contributed by atoms with E-state index in [-0.39, 0.29) is 0 Å². The molecule has 1 saturated carbocycles. The first-order valence-corrected chi connectivity index (χ1v) is 6.71. The van der Waals surface area contributed by atoms with Gasteiger partial charge in [0, 0.05) is 6.04 Å². The average Bonchev–Trinajstić information content (AvgIpc) is 2.83. The molecule has 0 N–H and O–H groups in total. The summed E-state index contributed by atoms with van der Waals surface area (Å²) in [5, 5.41) is 0. The fourth-order valence-corrected chi connectivity index (χ4v) is 2.70. The van der Waals surface area contributed by atoms with E-state index in [9.17, 15) is 0 Å². The molecule has 1 aliphatic carbocycles. The third-order valence-corrected chi connectivity index (χ3v) is 3.61. The molecule has 2 heterocycles. The molecule has 94 valence electrons. The lowest BCUT2D eigenvalue weighted by molar-refractivity contribution is 0.358. The highest BCUT2D eigenvalue weighted by atomic mass is 15.2. The zero-order valence-corrected chi connectivity index (χ0v) is 10.7. The van der Waals surface area contributed by atoms with Crippen molar-refractivity contribution >= 4 is 17.4 Å². The molecular formula is C14H18N4. The predicted octanol–water partition coefficient (Wildman–Crippen LogP) is 3.36. The van der Waals surface area contributed by atoms with Crippen molar-refractivity contribution in [1.82, 2.24) is 19.5 Å². The van der Waals surface area contributed by atoms with E-state index in [0.29, 0.717) is 6.04 Å². The summed E-state index contributed by atoms with van der Waals surface area (Å²) >= 11 is 0. The predicted molar refractivity (Wildman–Crippen MR) is 72.2 cm³/mol. The molecule has 0 amide bonds. The van der Waals surface area contributed by atoms with Gasteiger partial charge < -0.3 is 4.57 Å². The highest BCUT2D eigenvalue weighted by Crippen LogP contribution is 2.29. The second kappa shape index (κ2) is 4.88. The number of rotatable bonds is 2. The molecular weight excluding hydrogens is 224 g/mol. The molecule has 0 unspecified atom stereocenters. The molecule has 0 radical (unpaired) electrons. The van der Waals surface area contributed by atoms with Crippen LogP contribution in [0, 0.1) is 0 Å². The molecule has 0 saturated heterocycles. The SMILES string of the molecule is C/C=C\c1cnc2ncn(C3CCCCC3)c2n1. The van der Waals surface area contributed by atoms with Crippen LogP contribution in [-0.4, -0.2) is 19.5 Å². The largest absolute Gasteiger partial charge is 0.311 e. The van der Waals surface area contributed by atoms with Crippen LogP contribution < -0.4 is 0 Å². The van der Waals surface area contributed by atoms with Gasteiger partial charge in [-0.25, -0.2) is 15.0 Å². The van der Waals surface area contributed by atoms with E-state index in [1.807, 2.05) is 25.4 Å². The highest BCUT2D eigenvalue weighted by Gasteiger charge is 2.18. The van der Waals surface area contributed by atoms with Crippen LogP contribution in [0.15, 0.2) is 18.6 Å². The van der Waals surface area contributed by atoms with Gasteiger partial charge in [0.2, 0.25) is 0 Å². The van der Waals surface area contributed by atoms with Gasteiger partial charge in [-0.1, -0.05) is 25.3 Å². The Bertz CT molecular complexity index is 564. The molecule has 0 aliphatic heterocycles. The first-order chi connectivity index (χ1) is 8.88. The van der Waals surface area contributed by atoms with E-state index in [4.69, 9.17) is 0 Å². The summed E-state index contributed by atoms with van der Waals surface area (Å²) in [5.74, 6) is 0. The van der Waals surface area contributed by atoms with E-state index in [2.05, 4.69) is 19.5 Å². The number of allylic oxidation sites excluding steroid dienone is 1. The minimum atomic E-state index is 0.555. The van der Waals surface area contributed by atoms with Crippen molar-refractivity contribution in [3.63, 3.8) is 0 Å². The van der Waals surface area contributed by atoms with Crippen molar-refractivity contribution in [3.8, 4) is 0 Å². The molecule has 2 aromatic heterocycles. The van der Waals surface area contributed by atoms with Gasteiger partial charge in [-0.15, -0.1) is 0 Å². The van der Waals surface area contributed by atoms with Gasteiger partial charge in [0.15, 0.2) is 11.3 Å². The smallest absolute Gasteiger partial charge is 0.197 e. The average molecular weight is 242 g/mol. The molecule has 0 bridgehead atoms. The molecule has 0 spiro atoms. The molecule has 18 heavy (non-hydrogen) atoms. The number of imidazole rings is 1. The fourth-order valence-electron chi connectivity index (χ4n) is 2.70. The lowest BCUT2D eigenvalue weighted by Gasteiger charge is -2.22. The van der Waals surface area contributed by atoms with Crippen LogP contribution in [0.4, 0.5) is 0 Å². The van der Waals surface area contributed by atoms with Gasteiger partial charge in [-0.2, -0.15) is 0 Å². The number of hydrogen-bond acceptors (Lipinski definition) is 3. The molecule has 3 rings (SSSR count). The number of nitrogens with zero attached hydrogens (tertiary/aromatic N) is 4. The molecule has 1 fully saturated rings. The van der Waals surface area contributed by atoms with Crippen molar-refractivity contribution in [3.05, 3.63) is 24.3 Å². The molecule has 4 heteroatoms. The van der Waals surface area contributed by atoms with Crippen molar-refractivity contribution in [2.24, 2.45) is 0 Å². The van der Waals surface area contributed by atoms with Gasteiger partial charge >= 0.3 is 0 Å². The number of fused-ring (bicyclic) bond motifs is 1. The van der Waals surface area contributed by atoms with Crippen LogP contribution in [-0.2, 0) is 0 Å². The van der Waals surface area contributed by atoms with E-state index in [0.717, 1.165) is 17.0 Å². The number of hydrogen-bond donors (Lipinski definition) is 0. The molecule has 1 aliphatic rings. The first kappa shape index (κ1) is 11.4. The Morgan fingerprint density at radius 1 is 1.22 bits per heavy atom. The van der Waals surface area contributed by atoms with Crippen molar-refractivity contribution in [2.75, 3.05) is 0 Å². The minimum absolute atomic E-state index is 0.555. The zero-order valence-electron chi connectivity index (χ0n) is 10.7. The normalized spacial score (nSPS) is 17.8. The first-order valence-electron chi connectivity index (χ1n) is 6.71. The molecule has 4 nitrogen and oxygen atoms in total. The maximum atomic E-state index is 4.65. The molecule has 0 atom stereocenters. The van der Waals surface area contributed by atoms with Crippen LogP contribution in [0.1, 0.15) is 50.8 Å². The lowest BCUT2D eigenvalue weighted by atomic mass is 9.95. The minimum Gasteiger partial charge on any atom is -0.311 e. The van der Waals surface area contributed by atoms with E-state index in [1.165, 1.54) is 32.1 Å². The Morgan fingerprint density at radius 2 is 2.06 bits per heavy atom. The van der Waals surface area contributed by atoms with Crippen LogP contribution >= 0.6 is 0 Å². The Hall–Kier alpha value is -1.71. The summed E-state index contributed by atoms with van der Waals surface area (Å²) in [6.07, 6.45) is 14.1. The van der Waals surface area contributed by atoms with Crippen molar-refractivity contribution in [1.29, 1.82) is 0 Å². The number of aromatic nitrogens is 4. The summed E-state index contributed by atoms with van der Waals surface area (Å²) in [4.78, 5) is 13.4. The second-order valence-electron chi connectivity index (χ2n) is 4.89. The van der Waals surface area contributed by atoms with Crippen molar-refractivity contribution < 1.29 is 0 Å². The summed E-state index contributed by atoms with van der Waals surface area (Å²) in [7, 11) is 0. The van der Waals surface area contributed by atoms with Crippen LogP contribution in [0.25, 0.3) is 17.4 Å². The second-order valence-corrected chi connectivity index (χ2v) is 4.89. The topological polar surface area (TPSA) is 43.6 Å². The van der Waals surface area contributed by atoms with Crippen LogP contribution in [0.2, 0.25) is 0 Å². The van der Waals surface area contributed by atoms with Gasteiger partial charge in [0.1, 0.15) is 0 Å². The quantitative estimate of drug-likeness (QED) is 0.811. The monoisotopic (exact) mass is 242 g/mol. The Kier molecular flexibility index (Phi) is 3.09. The third kappa shape index (κ3) is 2.03. The van der Waals surface area contributed by atoms with E-state index < -0.39 is 0 Å². The summed E-state index contributed by atoms with van der Waals surface area (Å²) in [6.45, 7) is 1.99. The van der Waals surface area contributed by atoms with Gasteiger partial charge in [-0.05, 0) is 25.8 Å². The third-order valence-electron chi connectivity index (χ3n) is 3.61. The highest BCUT2D eigenvalue weighted by molar-refractivity contribution is 5.67. The Labute approximate surface area is 107 Å². The Balaban J connectivity index is 2.02. The van der Waals surface area contributed by atoms with Gasteiger partial charge in [-0.3, -0.25) is 0 Å². The molecule has 0 aromatic carbocycles. The Morgan fingerprint density at radius 3 is 2.83 bits per heavy atom. The van der Waals surface area contributed by atoms with Gasteiger partial charge in [0.05, 0.1) is 18.2 Å². The van der Waals surface area contributed by atoms with Crippen LogP contribution in [0.5, 0.6) is 0 Å². The van der Waals surface area contributed by atoms with Crippen LogP contribution in [0.3, 0.4) is 0 Å². The lowest BCUT2D eigenvalue weighted by Crippen LogP contribution is -2.12. The van der Waals surface area contributed by atoms with E-state index in [1.54, 1.807) is 6.20 Å². The zero-order chi connectivity index (χ0) is 12.4. The van der Waals surface area contributed by atoms with E-state index >= 15 is 0 Å². The maximum absolute atomic E-state index is 4.65. The summed E-state index contributed by atoms with van der Waals surface area (Å²) in [6, 6.07) is 0.555.